The van der Waals surface area contributed by atoms with Gasteiger partial charge in [-0.3, -0.25) is 0 Å². The van der Waals surface area contributed by atoms with Gasteiger partial charge in [-0.25, -0.2) is 4.79 Å². The van der Waals surface area contributed by atoms with Crippen LogP contribution in [0.1, 0.15) is 24.2 Å². The summed E-state index contributed by atoms with van der Waals surface area (Å²) in [6.07, 6.45) is -1.01. The number of carbonyl (C=O) groups is 1. The highest BCUT2D eigenvalue weighted by Gasteiger charge is 2.28. The number of hydrogen-bond donors (Lipinski definition) is 2. The van der Waals surface area contributed by atoms with E-state index in [1.807, 2.05) is 6.92 Å². The molecule has 1 aromatic rings. The molecule has 6 heteroatoms. The van der Waals surface area contributed by atoms with Gasteiger partial charge >= 0.3 is 5.97 Å². The van der Waals surface area contributed by atoms with E-state index in [0.717, 1.165) is 0 Å². The topological polar surface area (TPSA) is 76.0 Å². The molecule has 0 radical (unpaired) electrons. The maximum Gasteiger partial charge on any atom is 0.337 e. The molecule has 0 bridgehead atoms. The van der Waals surface area contributed by atoms with Gasteiger partial charge in [-0.15, -0.1) is 0 Å². The Kier molecular flexibility index (Phi) is 3.26. The number of carboxylic acids is 1. The van der Waals surface area contributed by atoms with E-state index in [9.17, 15) is 9.90 Å². The molecule has 1 aliphatic heterocycles. The standard InChI is InChI=1S/C11H11BrO5/c1-2-5-6(8(13)11(14)15)3-7(12)10-9(5)16-4-17-10/h3,8,13H,2,4H2,1H3,(H,14,15). The molecule has 1 heterocycles. The van der Waals surface area contributed by atoms with Gasteiger partial charge in [-0.05, 0) is 34.0 Å². The van der Waals surface area contributed by atoms with E-state index in [2.05, 4.69) is 15.9 Å². The van der Waals surface area contributed by atoms with Crippen LogP contribution in [0, 0.1) is 0 Å². The van der Waals surface area contributed by atoms with Crippen LogP contribution in [-0.4, -0.2) is 23.0 Å². The van der Waals surface area contributed by atoms with Crippen molar-refractivity contribution in [1.29, 1.82) is 0 Å². The molecule has 0 amide bonds. The number of carboxylic acid groups (broad SMARTS) is 1. The second-order valence-electron chi connectivity index (χ2n) is 3.59. The van der Waals surface area contributed by atoms with E-state index in [1.54, 1.807) is 6.07 Å². The lowest BCUT2D eigenvalue weighted by Gasteiger charge is -2.14. The minimum atomic E-state index is -1.56. The molecule has 1 aromatic carbocycles. The molecule has 92 valence electrons. The fourth-order valence-electron chi connectivity index (χ4n) is 1.84. The molecule has 0 fully saturated rings. The zero-order chi connectivity index (χ0) is 12.6. The molecule has 17 heavy (non-hydrogen) atoms. The molecule has 2 rings (SSSR count). The Morgan fingerprint density at radius 1 is 1.53 bits per heavy atom. The molecular weight excluding hydrogens is 292 g/mol. The Labute approximate surface area is 106 Å². The summed E-state index contributed by atoms with van der Waals surface area (Å²) < 4.78 is 11.2. The number of aliphatic carboxylic acids is 1. The van der Waals surface area contributed by atoms with E-state index < -0.39 is 12.1 Å². The van der Waals surface area contributed by atoms with Crippen LogP contribution < -0.4 is 9.47 Å². The lowest BCUT2D eigenvalue weighted by atomic mass is 9.99. The summed E-state index contributed by atoms with van der Waals surface area (Å²) >= 11 is 3.27. The maximum absolute atomic E-state index is 10.8. The number of halogens is 1. The van der Waals surface area contributed by atoms with Crippen molar-refractivity contribution < 1.29 is 24.5 Å². The molecule has 5 nitrogen and oxygen atoms in total. The summed E-state index contributed by atoms with van der Waals surface area (Å²) in [4.78, 5) is 10.8. The van der Waals surface area contributed by atoms with Crippen LogP contribution >= 0.6 is 15.9 Å². The monoisotopic (exact) mass is 302 g/mol. The van der Waals surface area contributed by atoms with Crippen molar-refractivity contribution in [2.24, 2.45) is 0 Å². The normalized spacial score (nSPS) is 14.8. The highest BCUT2D eigenvalue weighted by molar-refractivity contribution is 9.10. The van der Waals surface area contributed by atoms with Crippen molar-refractivity contribution in [3.05, 3.63) is 21.7 Å². The van der Waals surface area contributed by atoms with Crippen LogP contribution in [0.15, 0.2) is 10.5 Å². The quantitative estimate of drug-likeness (QED) is 0.891. The van der Waals surface area contributed by atoms with Crippen LogP contribution in [0.25, 0.3) is 0 Å². The van der Waals surface area contributed by atoms with Crippen molar-refractivity contribution >= 4 is 21.9 Å². The highest BCUT2D eigenvalue weighted by atomic mass is 79.9. The van der Waals surface area contributed by atoms with E-state index >= 15 is 0 Å². The van der Waals surface area contributed by atoms with E-state index in [0.29, 0.717) is 33.5 Å². The number of benzene rings is 1. The lowest BCUT2D eigenvalue weighted by Crippen LogP contribution is -2.13. The molecule has 1 aliphatic rings. The van der Waals surface area contributed by atoms with Crippen molar-refractivity contribution in [1.82, 2.24) is 0 Å². The average molecular weight is 303 g/mol. The first-order chi connectivity index (χ1) is 8.06. The van der Waals surface area contributed by atoms with Gasteiger partial charge in [0.1, 0.15) is 0 Å². The molecule has 0 aromatic heterocycles. The van der Waals surface area contributed by atoms with Crippen LogP contribution in [0.3, 0.4) is 0 Å². The minimum Gasteiger partial charge on any atom is -0.479 e. The van der Waals surface area contributed by atoms with Gasteiger partial charge in [0.2, 0.25) is 6.79 Å². The summed E-state index contributed by atoms with van der Waals surface area (Å²) in [5.74, 6) is -0.217. The Bertz CT molecular complexity index is 471. The maximum atomic E-state index is 10.8. The molecule has 0 saturated heterocycles. The number of aliphatic hydroxyl groups is 1. The summed E-state index contributed by atoms with van der Waals surface area (Å²) in [6.45, 7) is 1.97. The predicted octanol–water partition coefficient (Wildman–Crippen LogP) is 1.86. The smallest absolute Gasteiger partial charge is 0.337 e. The van der Waals surface area contributed by atoms with Crippen LogP contribution in [-0.2, 0) is 11.2 Å². The number of aliphatic hydroxyl groups excluding tert-OH is 1. The van der Waals surface area contributed by atoms with Crippen LogP contribution in [0.4, 0.5) is 0 Å². The first kappa shape index (κ1) is 12.2. The molecule has 0 aliphatic carbocycles. The Balaban J connectivity index is 2.60. The third kappa shape index (κ3) is 1.98. The van der Waals surface area contributed by atoms with E-state index in [-0.39, 0.29) is 6.79 Å². The van der Waals surface area contributed by atoms with Gasteiger partial charge in [0.25, 0.3) is 0 Å². The third-order valence-corrected chi connectivity index (χ3v) is 3.21. The number of rotatable bonds is 3. The van der Waals surface area contributed by atoms with Crippen molar-refractivity contribution in [2.45, 2.75) is 19.4 Å². The molecule has 2 N–H and O–H groups in total. The van der Waals surface area contributed by atoms with Gasteiger partial charge in [0.15, 0.2) is 17.6 Å². The summed E-state index contributed by atoms with van der Waals surface area (Å²) in [5.41, 5.74) is 0.992. The first-order valence-corrected chi connectivity index (χ1v) is 5.87. The number of ether oxygens (including phenoxy) is 2. The molecule has 0 saturated carbocycles. The Hall–Kier alpha value is -1.27. The third-order valence-electron chi connectivity index (χ3n) is 2.62. The fourth-order valence-corrected chi connectivity index (χ4v) is 2.38. The Morgan fingerprint density at radius 2 is 2.18 bits per heavy atom. The summed E-state index contributed by atoms with van der Waals surface area (Å²) in [7, 11) is 0. The Morgan fingerprint density at radius 3 is 2.76 bits per heavy atom. The first-order valence-electron chi connectivity index (χ1n) is 5.08. The van der Waals surface area contributed by atoms with Gasteiger partial charge in [-0.1, -0.05) is 6.92 Å². The minimum absolute atomic E-state index is 0.105. The zero-order valence-electron chi connectivity index (χ0n) is 9.07. The molecule has 0 spiro atoms. The van der Waals surface area contributed by atoms with Crippen molar-refractivity contribution in [3.63, 3.8) is 0 Å². The molecule has 1 atom stereocenters. The van der Waals surface area contributed by atoms with E-state index in [1.165, 1.54) is 0 Å². The fraction of sp³-hybridized carbons (Fsp3) is 0.364. The van der Waals surface area contributed by atoms with Gasteiger partial charge in [-0.2, -0.15) is 0 Å². The van der Waals surface area contributed by atoms with Crippen LogP contribution in [0.5, 0.6) is 11.5 Å². The second kappa shape index (κ2) is 4.54. The van der Waals surface area contributed by atoms with Crippen LogP contribution in [0.2, 0.25) is 0 Å². The predicted molar refractivity (Wildman–Crippen MR) is 62.2 cm³/mol. The summed E-state index contributed by atoms with van der Waals surface area (Å²) in [5, 5.41) is 18.5. The molecule has 1 unspecified atom stereocenters. The largest absolute Gasteiger partial charge is 0.479 e. The summed E-state index contributed by atoms with van der Waals surface area (Å²) in [6, 6.07) is 1.56. The molecular formula is C11H11BrO5. The average Bonchev–Trinajstić information content (AvgIpc) is 2.77. The lowest BCUT2D eigenvalue weighted by molar-refractivity contribution is -0.147. The number of hydrogen-bond acceptors (Lipinski definition) is 4. The number of fused-ring (bicyclic) bond motifs is 1. The second-order valence-corrected chi connectivity index (χ2v) is 4.44. The van der Waals surface area contributed by atoms with Crippen molar-refractivity contribution in [3.8, 4) is 11.5 Å². The highest BCUT2D eigenvalue weighted by Crippen LogP contribution is 2.45. The van der Waals surface area contributed by atoms with E-state index in [4.69, 9.17) is 14.6 Å². The zero-order valence-corrected chi connectivity index (χ0v) is 10.7. The SMILES string of the molecule is CCc1c(C(O)C(=O)O)cc(Br)c2c1OCO2. The van der Waals surface area contributed by atoms with Crippen molar-refractivity contribution in [2.75, 3.05) is 6.79 Å². The van der Waals surface area contributed by atoms with Gasteiger partial charge < -0.3 is 19.7 Å². The van der Waals surface area contributed by atoms with Gasteiger partial charge in [0, 0.05) is 5.56 Å². The van der Waals surface area contributed by atoms with Gasteiger partial charge in [0.05, 0.1) is 4.47 Å².